The van der Waals surface area contributed by atoms with Crippen molar-refractivity contribution < 1.29 is 14.3 Å². The van der Waals surface area contributed by atoms with Crippen LogP contribution in [0.25, 0.3) is 0 Å². The molecule has 1 aliphatic heterocycles. The summed E-state index contributed by atoms with van der Waals surface area (Å²) >= 11 is 3.29. The van der Waals surface area contributed by atoms with Gasteiger partial charge in [0.1, 0.15) is 6.10 Å². The van der Waals surface area contributed by atoms with Crippen molar-refractivity contribution in [2.75, 3.05) is 0 Å². The predicted molar refractivity (Wildman–Crippen MR) is 55.1 cm³/mol. The van der Waals surface area contributed by atoms with Gasteiger partial charge < -0.3 is 9.47 Å². The third-order valence-corrected chi connectivity index (χ3v) is 3.48. The summed E-state index contributed by atoms with van der Waals surface area (Å²) in [5.74, 6) is -0.628. The number of carbonyl (C=O) groups is 1. The first-order valence-corrected chi connectivity index (χ1v) is 5.54. The van der Waals surface area contributed by atoms with Gasteiger partial charge in [0.25, 0.3) is 0 Å². The lowest BCUT2D eigenvalue weighted by molar-refractivity contribution is -0.153. The fourth-order valence-electron chi connectivity index (χ4n) is 1.97. The summed E-state index contributed by atoms with van der Waals surface area (Å²) in [5, 5.41) is 0. The number of ketones is 1. The minimum Gasteiger partial charge on any atom is -0.340 e. The zero-order valence-electron chi connectivity index (χ0n) is 8.46. The molecule has 0 spiro atoms. The highest BCUT2D eigenvalue weighted by atomic mass is 79.9. The monoisotopic (exact) mass is 260 g/mol. The third kappa shape index (κ3) is 1.36. The molecule has 0 aromatic carbocycles. The zero-order valence-corrected chi connectivity index (χ0v) is 10.1. The van der Waals surface area contributed by atoms with E-state index >= 15 is 0 Å². The fraction of sp³-hybridized carbons (Fsp3) is 0.700. The molecule has 0 saturated carbocycles. The van der Waals surface area contributed by atoms with Crippen molar-refractivity contribution in [1.82, 2.24) is 0 Å². The molecule has 2 atom stereocenters. The van der Waals surface area contributed by atoms with E-state index in [9.17, 15) is 4.79 Å². The molecule has 1 heterocycles. The molecule has 2 aliphatic rings. The molecule has 0 aromatic heterocycles. The van der Waals surface area contributed by atoms with E-state index in [0.717, 1.165) is 12.0 Å². The molecule has 1 fully saturated rings. The van der Waals surface area contributed by atoms with E-state index in [1.54, 1.807) is 0 Å². The van der Waals surface area contributed by atoms with Crippen molar-refractivity contribution in [2.45, 2.75) is 45.2 Å². The largest absolute Gasteiger partial charge is 0.340 e. The molecule has 0 N–H and O–H groups in total. The van der Waals surface area contributed by atoms with Gasteiger partial charge in [-0.3, -0.25) is 4.79 Å². The van der Waals surface area contributed by atoms with E-state index in [0.29, 0.717) is 4.48 Å². The molecule has 1 saturated heterocycles. The molecule has 2 rings (SSSR count). The van der Waals surface area contributed by atoms with E-state index in [2.05, 4.69) is 15.9 Å². The van der Waals surface area contributed by atoms with Crippen LogP contribution >= 0.6 is 15.9 Å². The van der Waals surface area contributed by atoms with Crippen LogP contribution in [0.1, 0.15) is 27.2 Å². The van der Waals surface area contributed by atoms with Crippen LogP contribution in [-0.2, 0) is 14.3 Å². The van der Waals surface area contributed by atoms with Crippen LogP contribution < -0.4 is 0 Å². The lowest BCUT2D eigenvalue weighted by atomic mass is 10.1. The third-order valence-electron chi connectivity index (χ3n) is 2.58. The molecular formula is C10H13BrO3. The molecule has 14 heavy (non-hydrogen) atoms. The van der Waals surface area contributed by atoms with Crippen molar-refractivity contribution in [2.24, 2.45) is 0 Å². The average Bonchev–Trinajstić information content (AvgIpc) is 2.50. The Kier molecular flexibility index (Phi) is 2.33. The van der Waals surface area contributed by atoms with Crippen LogP contribution in [0, 0.1) is 0 Å². The lowest BCUT2D eigenvalue weighted by Crippen LogP contribution is -2.26. The van der Waals surface area contributed by atoms with Gasteiger partial charge in [0.05, 0.1) is 4.48 Å². The molecule has 0 bridgehead atoms. The lowest BCUT2D eigenvalue weighted by Gasteiger charge is -2.18. The minimum atomic E-state index is -0.640. The van der Waals surface area contributed by atoms with Gasteiger partial charge in [0.15, 0.2) is 11.9 Å². The smallest absolute Gasteiger partial charge is 0.201 e. The van der Waals surface area contributed by atoms with Crippen molar-refractivity contribution in [1.29, 1.82) is 0 Å². The van der Waals surface area contributed by atoms with Crippen LogP contribution in [-0.4, -0.2) is 23.8 Å². The van der Waals surface area contributed by atoms with Gasteiger partial charge in [-0.25, -0.2) is 0 Å². The van der Waals surface area contributed by atoms with E-state index in [-0.39, 0.29) is 11.9 Å². The van der Waals surface area contributed by atoms with Crippen LogP contribution in [0.5, 0.6) is 0 Å². The molecule has 78 valence electrons. The van der Waals surface area contributed by atoms with Gasteiger partial charge in [0.2, 0.25) is 5.78 Å². The van der Waals surface area contributed by atoms with Crippen LogP contribution in [0.3, 0.4) is 0 Å². The van der Waals surface area contributed by atoms with Crippen LogP contribution in [0.2, 0.25) is 0 Å². The maximum absolute atomic E-state index is 11.7. The van der Waals surface area contributed by atoms with Crippen LogP contribution in [0.4, 0.5) is 0 Å². The van der Waals surface area contributed by atoms with Gasteiger partial charge in [-0.05, 0) is 41.8 Å². The Labute approximate surface area is 91.6 Å². The zero-order chi connectivity index (χ0) is 10.5. The molecule has 1 aliphatic carbocycles. The fourth-order valence-corrected chi connectivity index (χ4v) is 2.70. The van der Waals surface area contributed by atoms with E-state index in [1.165, 1.54) is 0 Å². The van der Waals surface area contributed by atoms with Crippen molar-refractivity contribution in [3.05, 3.63) is 10.1 Å². The quantitative estimate of drug-likeness (QED) is 0.725. The number of Topliss-reactive ketones (excluding diaryl/α,β-unsaturated/α-hetero) is 1. The summed E-state index contributed by atoms with van der Waals surface area (Å²) in [6.45, 7) is 5.68. The highest BCUT2D eigenvalue weighted by molar-refractivity contribution is 9.12. The highest BCUT2D eigenvalue weighted by Crippen LogP contribution is 2.42. The SMILES string of the molecule is CCC1=C(Br)C(=O)[C@H]2OC(C)(C)O[C@@H]12. The average molecular weight is 261 g/mol. The first-order chi connectivity index (χ1) is 6.46. The van der Waals surface area contributed by atoms with Gasteiger partial charge in [-0.1, -0.05) is 6.92 Å². The number of hydrogen-bond acceptors (Lipinski definition) is 3. The molecule has 0 radical (unpaired) electrons. The van der Waals surface area contributed by atoms with Gasteiger partial charge in [-0.2, -0.15) is 0 Å². The number of rotatable bonds is 1. The Morgan fingerprint density at radius 2 is 1.93 bits per heavy atom. The van der Waals surface area contributed by atoms with Gasteiger partial charge >= 0.3 is 0 Å². The molecular weight excluding hydrogens is 248 g/mol. The Balaban J connectivity index is 2.33. The van der Waals surface area contributed by atoms with Crippen molar-refractivity contribution in [3.63, 3.8) is 0 Å². The van der Waals surface area contributed by atoms with Crippen molar-refractivity contribution >= 4 is 21.7 Å². The molecule has 0 amide bonds. The first-order valence-electron chi connectivity index (χ1n) is 4.74. The summed E-state index contributed by atoms with van der Waals surface area (Å²) < 4.78 is 11.9. The Bertz CT molecular complexity index is 319. The second kappa shape index (κ2) is 3.15. The first kappa shape index (κ1) is 10.3. The Morgan fingerprint density at radius 3 is 2.50 bits per heavy atom. The summed E-state index contributed by atoms with van der Waals surface area (Å²) in [5.41, 5.74) is 1.02. The number of fused-ring (bicyclic) bond motifs is 1. The van der Waals surface area contributed by atoms with E-state index < -0.39 is 11.9 Å². The summed E-state index contributed by atoms with van der Waals surface area (Å²) in [4.78, 5) is 11.7. The van der Waals surface area contributed by atoms with E-state index in [4.69, 9.17) is 9.47 Å². The second-order valence-corrected chi connectivity index (χ2v) is 4.83. The van der Waals surface area contributed by atoms with Gasteiger partial charge in [0, 0.05) is 0 Å². The minimum absolute atomic E-state index is 0.0115. The Hall–Kier alpha value is -0.190. The summed E-state index contributed by atoms with van der Waals surface area (Å²) in [6.07, 6.45) is 0.193. The number of hydrogen-bond donors (Lipinski definition) is 0. The molecule has 0 aromatic rings. The normalized spacial score (nSPS) is 35.3. The molecule has 0 unspecified atom stereocenters. The van der Waals surface area contributed by atoms with Crippen molar-refractivity contribution in [3.8, 4) is 0 Å². The standard InChI is InChI=1S/C10H13BrO3/c1-4-5-6(11)7(12)9-8(5)13-10(2,3)14-9/h8-9H,4H2,1-3H3/t8-,9+/m0/s1. The maximum atomic E-state index is 11.7. The van der Waals surface area contributed by atoms with Gasteiger partial charge in [-0.15, -0.1) is 0 Å². The molecule has 4 heteroatoms. The number of carbonyl (C=O) groups excluding carboxylic acids is 1. The molecule has 3 nitrogen and oxygen atoms in total. The summed E-state index contributed by atoms with van der Waals surface area (Å²) in [7, 11) is 0. The summed E-state index contributed by atoms with van der Waals surface area (Å²) in [6, 6.07) is 0. The second-order valence-electron chi connectivity index (χ2n) is 4.03. The number of halogens is 1. The predicted octanol–water partition coefficient (Wildman–Crippen LogP) is 2.15. The van der Waals surface area contributed by atoms with E-state index in [1.807, 2.05) is 20.8 Å². The maximum Gasteiger partial charge on any atom is 0.201 e. The highest BCUT2D eigenvalue weighted by Gasteiger charge is 2.51. The number of ether oxygens (including phenoxy) is 2. The Morgan fingerprint density at radius 1 is 1.36 bits per heavy atom. The van der Waals surface area contributed by atoms with Crippen LogP contribution in [0.15, 0.2) is 10.1 Å². The topological polar surface area (TPSA) is 35.5 Å².